The molecule has 1 aromatic carbocycles. The van der Waals surface area contributed by atoms with E-state index in [0.717, 1.165) is 0 Å². The smallest absolute Gasteiger partial charge is 0.274 e. The topological polar surface area (TPSA) is 72.9 Å². The summed E-state index contributed by atoms with van der Waals surface area (Å²) in [6.45, 7) is 1.77. The summed E-state index contributed by atoms with van der Waals surface area (Å²) in [5.41, 5.74) is 6.84. The molecule has 94 valence electrons. The number of para-hydroxylation sites is 1. The quantitative estimate of drug-likeness (QED) is 0.794. The summed E-state index contributed by atoms with van der Waals surface area (Å²) in [6.07, 6.45) is 0. The van der Waals surface area contributed by atoms with E-state index in [-0.39, 0.29) is 11.4 Å². The van der Waals surface area contributed by atoms with E-state index in [1.807, 2.05) is 0 Å². The van der Waals surface area contributed by atoms with Gasteiger partial charge in [0.15, 0.2) is 0 Å². The van der Waals surface area contributed by atoms with Crippen molar-refractivity contribution in [2.75, 3.05) is 11.1 Å². The van der Waals surface area contributed by atoms with Gasteiger partial charge in [0.05, 0.1) is 11.4 Å². The van der Waals surface area contributed by atoms with Gasteiger partial charge in [-0.3, -0.25) is 9.48 Å². The second kappa shape index (κ2) is 4.48. The molecule has 3 N–H and O–H groups in total. The monoisotopic (exact) mass is 248 g/mol. The van der Waals surface area contributed by atoms with Crippen molar-refractivity contribution in [2.24, 2.45) is 7.05 Å². The van der Waals surface area contributed by atoms with Crippen molar-refractivity contribution in [3.05, 3.63) is 41.5 Å². The minimum absolute atomic E-state index is 0.0126. The fraction of sp³-hybridized carbons (Fsp3) is 0.167. The van der Waals surface area contributed by atoms with Crippen molar-refractivity contribution >= 4 is 17.3 Å². The van der Waals surface area contributed by atoms with Crippen LogP contribution in [0.3, 0.4) is 0 Å². The van der Waals surface area contributed by atoms with Crippen LogP contribution in [0.5, 0.6) is 0 Å². The van der Waals surface area contributed by atoms with E-state index in [1.54, 1.807) is 20.0 Å². The molecule has 0 spiro atoms. The van der Waals surface area contributed by atoms with Crippen molar-refractivity contribution in [1.29, 1.82) is 0 Å². The van der Waals surface area contributed by atoms with Gasteiger partial charge in [0, 0.05) is 7.05 Å². The van der Waals surface area contributed by atoms with Gasteiger partial charge in [-0.25, -0.2) is 4.39 Å². The number of nitrogens with one attached hydrogen (secondary N) is 1. The molecule has 0 radical (unpaired) electrons. The van der Waals surface area contributed by atoms with Gasteiger partial charge in [-0.1, -0.05) is 6.07 Å². The standard InChI is InChI=1S/C12H13FN4O/c1-7-6-10(17(2)16-7)12(18)15-11-8(13)4-3-5-9(11)14/h3-6H,14H2,1-2H3,(H,15,18). The lowest BCUT2D eigenvalue weighted by atomic mass is 10.2. The highest BCUT2D eigenvalue weighted by Gasteiger charge is 2.15. The Morgan fingerprint density at radius 1 is 1.50 bits per heavy atom. The molecule has 0 aliphatic carbocycles. The summed E-state index contributed by atoms with van der Waals surface area (Å²) in [4.78, 5) is 12.0. The van der Waals surface area contributed by atoms with E-state index in [4.69, 9.17) is 5.73 Å². The number of aryl methyl sites for hydroxylation is 2. The first-order chi connectivity index (χ1) is 8.49. The van der Waals surface area contributed by atoms with Crippen molar-refractivity contribution < 1.29 is 9.18 Å². The summed E-state index contributed by atoms with van der Waals surface area (Å²) in [5, 5.41) is 6.50. The molecule has 0 aliphatic rings. The number of nitrogens with zero attached hydrogens (tertiary/aromatic N) is 2. The van der Waals surface area contributed by atoms with Crippen LogP contribution in [0, 0.1) is 12.7 Å². The molecule has 1 heterocycles. The molecule has 18 heavy (non-hydrogen) atoms. The predicted molar refractivity (Wildman–Crippen MR) is 66.7 cm³/mol. The lowest BCUT2D eigenvalue weighted by Gasteiger charge is -2.08. The Labute approximate surface area is 103 Å². The summed E-state index contributed by atoms with van der Waals surface area (Å²) >= 11 is 0. The molecular weight excluding hydrogens is 235 g/mol. The maximum Gasteiger partial charge on any atom is 0.274 e. The van der Waals surface area contributed by atoms with Crippen molar-refractivity contribution in [1.82, 2.24) is 9.78 Å². The van der Waals surface area contributed by atoms with Gasteiger partial charge in [-0.05, 0) is 25.1 Å². The molecule has 0 aliphatic heterocycles. The van der Waals surface area contributed by atoms with Crippen LogP contribution in [0.15, 0.2) is 24.3 Å². The molecule has 0 unspecified atom stereocenters. The number of aromatic nitrogens is 2. The number of rotatable bonds is 2. The normalized spacial score (nSPS) is 10.4. The Kier molecular flexibility index (Phi) is 3.01. The molecular formula is C12H13FN4O. The Morgan fingerprint density at radius 2 is 2.22 bits per heavy atom. The highest BCUT2D eigenvalue weighted by Crippen LogP contribution is 2.22. The molecule has 5 nitrogen and oxygen atoms in total. The first kappa shape index (κ1) is 12.1. The molecule has 6 heteroatoms. The van der Waals surface area contributed by atoms with E-state index in [1.165, 1.54) is 22.9 Å². The molecule has 1 aromatic heterocycles. The minimum Gasteiger partial charge on any atom is -0.397 e. The van der Waals surface area contributed by atoms with Gasteiger partial charge in [0.2, 0.25) is 0 Å². The van der Waals surface area contributed by atoms with Crippen LogP contribution >= 0.6 is 0 Å². The lowest BCUT2D eigenvalue weighted by molar-refractivity contribution is 0.101. The van der Waals surface area contributed by atoms with Crippen LogP contribution in [0.4, 0.5) is 15.8 Å². The zero-order chi connectivity index (χ0) is 13.3. The molecule has 2 aromatic rings. The van der Waals surface area contributed by atoms with Gasteiger partial charge >= 0.3 is 0 Å². The number of amides is 1. The summed E-state index contributed by atoms with van der Waals surface area (Å²) < 4.78 is 14.9. The molecule has 0 bridgehead atoms. The number of halogens is 1. The first-order valence-corrected chi connectivity index (χ1v) is 5.35. The van der Waals surface area contributed by atoms with Crippen molar-refractivity contribution in [2.45, 2.75) is 6.92 Å². The summed E-state index contributed by atoms with van der Waals surface area (Å²) in [6, 6.07) is 5.86. The van der Waals surface area contributed by atoms with Crippen LogP contribution in [-0.2, 0) is 7.05 Å². The number of nitrogen functional groups attached to an aromatic ring is 1. The third kappa shape index (κ3) is 2.17. The van der Waals surface area contributed by atoms with E-state index in [9.17, 15) is 9.18 Å². The van der Waals surface area contributed by atoms with Gasteiger partial charge < -0.3 is 11.1 Å². The Bertz CT molecular complexity index is 586. The second-order valence-corrected chi connectivity index (χ2v) is 3.95. The minimum atomic E-state index is -0.567. The number of carbonyl (C=O) groups is 1. The van der Waals surface area contributed by atoms with Gasteiger partial charge in [0.25, 0.3) is 5.91 Å². The third-order valence-electron chi connectivity index (χ3n) is 2.52. The van der Waals surface area contributed by atoms with Crippen molar-refractivity contribution in [3.63, 3.8) is 0 Å². The zero-order valence-corrected chi connectivity index (χ0v) is 10.1. The highest BCUT2D eigenvalue weighted by molar-refractivity contribution is 6.04. The third-order valence-corrected chi connectivity index (χ3v) is 2.52. The fourth-order valence-electron chi connectivity index (χ4n) is 1.67. The van der Waals surface area contributed by atoms with Gasteiger partial charge in [0.1, 0.15) is 17.2 Å². The molecule has 0 saturated carbocycles. The predicted octanol–water partition coefficient (Wildman–Crippen LogP) is 1.70. The first-order valence-electron chi connectivity index (χ1n) is 5.35. The van der Waals surface area contributed by atoms with Crippen LogP contribution in [0.1, 0.15) is 16.2 Å². The Morgan fingerprint density at radius 3 is 2.78 bits per heavy atom. The SMILES string of the molecule is Cc1cc(C(=O)Nc2c(N)cccc2F)n(C)n1. The van der Waals surface area contributed by atoms with E-state index in [2.05, 4.69) is 10.4 Å². The van der Waals surface area contributed by atoms with Gasteiger partial charge in [-0.15, -0.1) is 0 Å². The highest BCUT2D eigenvalue weighted by atomic mass is 19.1. The Hall–Kier alpha value is -2.37. The molecule has 0 atom stereocenters. The number of hydrogen-bond acceptors (Lipinski definition) is 3. The molecule has 0 saturated heterocycles. The number of nitrogens with two attached hydrogens (primary N) is 1. The van der Waals surface area contributed by atoms with Crippen molar-refractivity contribution in [3.8, 4) is 0 Å². The van der Waals surface area contributed by atoms with E-state index < -0.39 is 11.7 Å². The second-order valence-electron chi connectivity index (χ2n) is 3.95. The van der Waals surface area contributed by atoms with Crippen LogP contribution in [0.2, 0.25) is 0 Å². The largest absolute Gasteiger partial charge is 0.397 e. The average Bonchev–Trinajstić information content (AvgIpc) is 2.63. The number of hydrogen-bond donors (Lipinski definition) is 2. The molecule has 0 fully saturated rings. The fourth-order valence-corrected chi connectivity index (χ4v) is 1.67. The number of benzene rings is 1. The molecule has 1 amide bonds. The number of carbonyl (C=O) groups excluding carboxylic acids is 1. The Balaban J connectivity index is 2.30. The zero-order valence-electron chi connectivity index (χ0n) is 10.1. The summed E-state index contributed by atoms with van der Waals surface area (Å²) in [7, 11) is 1.65. The van der Waals surface area contributed by atoms with Gasteiger partial charge in [-0.2, -0.15) is 5.10 Å². The van der Waals surface area contributed by atoms with Crippen LogP contribution in [-0.4, -0.2) is 15.7 Å². The maximum atomic E-state index is 13.5. The summed E-state index contributed by atoms with van der Waals surface area (Å²) in [5.74, 6) is -1.02. The molecule has 2 rings (SSSR count). The maximum absolute atomic E-state index is 13.5. The van der Waals surface area contributed by atoms with Crippen LogP contribution < -0.4 is 11.1 Å². The van der Waals surface area contributed by atoms with E-state index >= 15 is 0 Å². The number of anilines is 2. The lowest BCUT2D eigenvalue weighted by Crippen LogP contribution is -2.17. The average molecular weight is 248 g/mol. The van der Waals surface area contributed by atoms with Crippen LogP contribution in [0.25, 0.3) is 0 Å². The van der Waals surface area contributed by atoms with E-state index in [0.29, 0.717) is 11.4 Å².